The molecular formula is C12H19O5P. The van der Waals surface area contributed by atoms with Crippen molar-refractivity contribution in [2.45, 2.75) is 32.9 Å². The van der Waals surface area contributed by atoms with E-state index in [0.29, 0.717) is 5.76 Å². The Morgan fingerprint density at radius 2 is 2.00 bits per heavy atom. The molecule has 6 heteroatoms. The lowest BCUT2D eigenvalue weighted by Crippen LogP contribution is -2.09. The summed E-state index contributed by atoms with van der Waals surface area (Å²) in [6, 6.07) is 3.36. The molecule has 0 aliphatic heterocycles. The van der Waals surface area contributed by atoms with Gasteiger partial charge in [-0.25, -0.2) is 0 Å². The highest BCUT2D eigenvalue weighted by molar-refractivity contribution is 7.54. The Hall–Kier alpha value is -0.900. The highest BCUT2D eigenvalue weighted by Gasteiger charge is 2.39. The number of carbonyl (C=O) groups excluding carboxylic acids is 1. The molecule has 0 aliphatic rings. The van der Waals surface area contributed by atoms with Crippen molar-refractivity contribution in [2.75, 3.05) is 13.2 Å². The third-order valence-corrected chi connectivity index (χ3v) is 4.79. The van der Waals surface area contributed by atoms with Crippen molar-refractivity contribution < 1.29 is 22.8 Å². The van der Waals surface area contributed by atoms with E-state index in [0.717, 1.165) is 0 Å². The summed E-state index contributed by atoms with van der Waals surface area (Å²) in [6.07, 6.45) is 1.55. The number of furan rings is 1. The molecular weight excluding hydrogens is 255 g/mol. The minimum atomic E-state index is -3.39. The molecule has 0 saturated carbocycles. The average Bonchev–Trinajstić information content (AvgIpc) is 2.79. The second-order valence-corrected chi connectivity index (χ2v) is 6.03. The Morgan fingerprint density at radius 3 is 2.39 bits per heavy atom. The van der Waals surface area contributed by atoms with E-state index in [1.807, 2.05) is 0 Å². The zero-order valence-corrected chi connectivity index (χ0v) is 11.8. The minimum Gasteiger partial charge on any atom is -0.468 e. The van der Waals surface area contributed by atoms with Gasteiger partial charge < -0.3 is 13.5 Å². The van der Waals surface area contributed by atoms with Crippen LogP contribution in [0.5, 0.6) is 0 Å². The molecule has 0 spiro atoms. The van der Waals surface area contributed by atoms with Gasteiger partial charge in [0, 0.05) is 6.42 Å². The smallest absolute Gasteiger partial charge is 0.341 e. The molecule has 0 amide bonds. The van der Waals surface area contributed by atoms with Gasteiger partial charge in [0.1, 0.15) is 17.2 Å². The van der Waals surface area contributed by atoms with Gasteiger partial charge in [-0.15, -0.1) is 0 Å². The predicted octanol–water partition coefficient (Wildman–Crippen LogP) is 3.57. The number of hydrogen-bond acceptors (Lipinski definition) is 5. The summed E-state index contributed by atoms with van der Waals surface area (Å²) >= 11 is 0. The Morgan fingerprint density at radius 1 is 1.39 bits per heavy atom. The van der Waals surface area contributed by atoms with Gasteiger partial charge in [0.15, 0.2) is 0 Å². The van der Waals surface area contributed by atoms with Crippen molar-refractivity contribution >= 4 is 13.4 Å². The van der Waals surface area contributed by atoms with Gasteiger partial charge in [0.25, 0.3) is 0 Å². The topological polar surface area (TPSA) is 65.7 Å². The summed E-state index contributed by atoms with van der Waals surface area (Å²) in [4.78, 5) is 11.3. The number of hydrogen-bond donors (Lipinski definition) is 0. The molecule has 0 unspecified atom stereocenters. The normalized spacial score (nSPS) is 13.5. The lowest BCUT2D eigenvalue weighted by Gasteiger charge is -2.24. The van der Waals surface area contributed by atoms with Gasteiger partial charge in [0.2, 0.25) is 0 Å². The van der Waals surface area contributed by atoms with Crippen LogP contribution in [-0.4, -0.2) is 19.0 Å². The van der Waals surface area contributed by atoms with Crippen LogP contribution in [0.2, 0.25) is 0 Å². The molecule has 18 heavy (non-hydrogen) atoms. The zero-order valence-electron chi connectivity index (χ0n) is 10.9. The molecule has 1 atom stereocenters. The number of ketones is 1. The van der Waals surface area contributed by atoms with Crippen LogP contribution in [0.3, 0.4) is 0 Å². The van der Waals surface area contributed by atoms with Crippen molar-refractivity contribution in [2.24, 2.45) is 0 Å². The molecule has 102 valence electrons. The van der Waals surface area contributed by atoms with Gasteiger partial charge in [-0.2, -0.15) is 0 Å². The van der Waals surface area contributed by atoms with Gasteiger partial charge >= 0.3 is 7.60 Å². The van der Waals surface area contributed by atoms with E-state index in [4.69, 9.17) is 13.5 Å². The van der Waals surface area contributed by atoms with E-state index in [9.17, 15) is 9.36 Å². The quantitative estimate of drug-likeness (QED) is 0.678. The maximum Gasteiger partial charge on any atom is 0.341 e. The first-order valence-corrected chi connectivity index (χ1v) is 7.56. The van der Waals surface area contributed by atoms with Crippen molar-refractivity contribution in [1.29, 1.82) is 0 Å². The van der Waals surface area contributed by atoms with E-state index >= 15 is 0 Å². The largest absolute Gasteiger partial charge is 0.468 e. The standard InChI is InChI=1S/C12H19O5P/c1-4-16-18(14,17-5-2)12(9-10(3)13)11-7-6-8-15-11/h6-8,12H,4-5,9H2,1-3H3/t12-/m0/s1. The van der Waals surface area contributed by atoms with Gasteiger partial charge in [-0.3, -0.25) is 9.36 Å². The summed E-state index contributed by atoms with van der Waals surface area (Å²) in [6.45, 7) is 5.42. The monoisotopic (exact) mass is 274 g/mol. The fourth-order valence-electron chi connectivity index (χ4n) is 1.70. The van der Waals surface area contributed by atoms with E-state index in [1.165, 1.54) is 13.2 Å². The van der Waals surface area contributed by atoms with Gasteiger partial charge in [-0.1, -0.05) is 0 Å². The molecule has 0 radical (unpaired) electrons. The van der Waals surface area contributed by atoms with Crippen LogP contribution in [0.4, 0.5) is 0 Å². The summed E-state index contributed by atoms with van der Waals surface area (Å²) in [5.74, 6) is 0.367. The lowest BCUT2D eigenvalue weighted by atomic mass is 10.2. The van der Waals surface area contributed by atoms with Crippen molar-refractivity contribution in [3.8, 4) is 0 Å². The van der Waals surface area contributed by atoms with Crippen LogP contribution in [0.25, 0.3) is 0 Å². The van der Waals surface area contributed by atoms with Crippen LogP contribution in [0.15, 0.2) is 22.8 Å². The minimum absolute atomic E-state index is 0.0742. The highest BCUT2D eigenvalue weighted by atomic mass is 31.2. The summed E-state index contributed by atoms with van der Waals surface area (Å²) in [5, 5.41) is 0. The molecule has 1 heterocycles. The first-order valence-electron chi connectivity index (χ1n) is 5.95. The number of carbonyl (C=O) groups is 1. The Kier molecular flexibility index (Phi) is 5.79. The van der Waals surface area contributed by atoms with Crippen molar-refractivity contribution in [3.05, 3.63) is 24.2 Å². The fraction of sp³-hybridized carbons (Fsp3) is 0.583. The van der Waals surface area contributed by atoms with Crippen LogP contribution >= 0.6 is 7.60 Å². The summed E-state index contributed by atoms with van der Waals surface area (Å²) in [7, 11) is -3.39. The fourth-order valence-corrected chi connectivity index (χ4v) is 3.79. The molecule has 1 aromatic rings. The predicted molar refractivity (Wildman–Crippen MR) is 67.6 cm³/mol. The zero-order chi connectivity index (χ0) is 13.6. The number of Topliss-reactive ketones (excluding diaryl/α,β-unsaturated/α-hetero) is 1. The van der Waals surface area contributed by atoms with E-state index in [-0.39, 0.29) is 25.4 Å². The summed E-state index contributed by atoms with van der Waals surface area (Å²) < 4.78 is 28.5. The molecule has 1 aromatic heterocycles. The van der Waals surface area contributed by atoms with Crippen molar-refractivity contribution in [3.63, 3.8) is 0 Å². The Balaban J connectivity index is 3.06. The van der Waals surface area contributed by atoms with Crippen LogP contribution < -0.4 is 0 Å². The lowest BCUT2D eigenvalue weighted by molar-refractivity contribution is -0.117. The van der Waals surface area contributed by atoms with Gasteiger partial charge in [0.05, 0.1) is 19.5 Å². The maximum atomic E-state index is 12.7. The second kappa shape index (κ2) is 6.88. The molecule has 0 saturated heterocycles. The Labute approximate surface area is 107 Å². The Bertz CT molecular complexity index is 402. The highest BCUT2D eigenvalue weighted by Crippen LogP contribution is 2.62. The van der Waals surface area contributed by atoms with Gasteiger partial charge in [-0.05, 0) is 32.9 Å². The second-order valence-electron chi connectivity index (χ2n) is 3.81. The van der Waals surface area contributed by atoms with Crippen LogP contribution in [0, 0.1) is 0 Å². The third kappa shape index (κ3) is 3.80. The molecule has 0 bridgehead atoms. The van der Waals surface area contributed by atoms with E-state index < -0.39 is 13.3 Å². The maximum absolute atomic E-state index is 12.7. The van der Waals surface area contributed by atoms with Crippen molar-refractivity contribution in [1.82, 2.24) is 0 Å². The SMILES string of the molecule is CCOP(=O)(OCC)[C@@H](CC(C)=O)c1ccco1. The first kappa shape index (κ1) is 15.2. The van der Waals surface area contributed by atoms with Crippen LogP contribution in [-0.2, 0) is 18.4 Å². The molecule has 1 rings (SSSR count). The summed E-state index contributed by atoms with van der Waals surface area (Å²) in [5.41, 5.74) is -0.676. The van der Waals surface area contributed by atoms with E-state index in [2.05, 4.69) is 0 Å². The molecule has 0 aliphatic carbocycles. The molecule has 0 fully saturated rings. The molecule has 0 N–H and O–H groups in total. The number of rotatable bonds is 8. The van der Waals surface area contributed by atoms with Crippen LogP contribution in [0.1, 0.15) is 38.6 Å². The first-order chi connectivity index (χ1) is 8.53. The average molecular weight is 274 g/mol. The third-order valence-electron chi connectivity index (χ3n) is 2.35. The molecule has 5 nitrogen and oxygen atoms in total. The molecule has 0 aromatic carbocycles. The van der Waals surface area contributed by atoms with E-state index in [1.54, 1.807) is 26.0 Å².